The highest BCUT2D eigenvalue weighted by atomic mass is 28.4. The predicted molar refractivity (Wildman–Crippen MR) is 82.6 cm³/mol. The number of hydrogen-bond donors (Lipinski definition) is 0. The third kappa shape index (κ3) is 4.45. The minimum Gasteiger partial charge on any atom is -0.403 e. The highest BCUT2D eigenvalue weighted by molar-refractivity contribution is 6.73. The molecule has 0 aliphatic rings. The van der Waals surface area contributed by atoms with Crippen molar-refractivity contribution in [3.8, 4) is 0 Å². The quantitative estimate of drug-likeness (QED) is 0.549. The monoisotopic (exact) mass is 316 g/mol. The lowest BCUT2D eigenvalue weighted by molar-refractivity contribution is 0.181. The van der Waals surface area contributed by atoms with E-state index >= 15 is 0 Å². The van der Waals surface area contributed by atoms with Crippen molar-refractivity contribution in [3.05, 3.63) is 47.3 Å². The van der Waals surface area contributed by atoms with Gasteiger partial charge in [-0.2, -0.15) is 8.78 Å². The van der Waals surface area contributed by atoms with E-state index < -0.39 is 26.3 Å². The average Bonchev–Trinajstić information content (AvgIpc) is 2.50. The van der Waals surface area contributed by atoms with Gasteiger partial charge in [-0.15, -0.1) is 0 Å². The van der Waals surface area contributed by atoms with Gasteiger partial charge in [0.25, 0.3) is 0 Å². The van der Waals surface area contributed by atoms with Crippen molar-refractivity contribution >= 4 is 8.32 Å². The smallest absolute Gasteiger partial charge is 0.304 e. The molecular formula is C16H23F3OSi. The van der Waals surface area contributed by atoms with Gasteiger partial charge in [-0.05, 0) is 30.6 Å². The predicted octanol–water partition coefficient (Wildman–Crippen LogP) is 6.14. The first-order valence-electron chi connectivity index (χ1n) is 7.34. The Balaban J connectivity index is 3.21. The lowest BCUT2D eigenvalue weighted by Gasteiger charge is -2.32. The standard InChI is InChI=1S/C16H23F3OSi/c1-5-21(6-2,7-3)20-15(14(17)16(18)19)13-10-8-12(4)9-11-13/h8-11,15H,5-7H2,1-4H3. The van der Waals surface area contributed by atoms with Gasteiger partial charge in [-0.3, -0.25) is 0 Å². The summed E-state index contributed by atoms with van der Waals surface area (Å²) in [5, 5.41) is 0. The lowest BCUT2D eigenvalue weighted by atomic mass is 10.1. The van der Waals surface area contributed by atoms with E-state index in [-0.39, 0.29) is 0 Å². The van der Waals surface area contributed by atoms with Crippen LogP contribution in [0.15, 0.2) is 36.2 Å². The van der Waals surface area contributed by atoms with Crippen LogP contribution in [0.5, 0.6) is 0 Å². The summed E-state index contributed by atoms with van der Waals surface area (Å²) in [6.45, 7) is 7.85. The van der Waals surface area contributed by atoms with Crippen LogP contribution in [0.3, 0.4) is 0 Å². The molecular weight excluding hydrogens is 293 g/mol. The van der Waals surface area contributed by atoms with Crippen molar-refractivity contribution < 1.29 is 17.6 Å². The van der Waals surface area contributed by atoms with Crippen LogP contribution in [0.2, 0.25) is 18.1 Å². The molecule has 0 amide bonds. The first kappa shape index (κ1) is 18.0. The molecule has 1 rings (SSSR count). The van der Waals surface area contributed by atoms with Crippen molar-refractivity contribution in [2.45, 2.75) is 51.9 Å². The third-order valence-electron chi connectivity index (χ3n) is 4.09. The number of aryl methyl sites for hydroxylation is 1. The second-order valence-corrected chi connectivity index (χ2v) is 9.98. The van der Waals surface area contributed by atoms with Gasteiger partial charge in [0.1, 0.15) is 6.10 Å². The Labute approximate surface area is 126 Å². The van der Waals surface area contributed by atoms with E-state index in [9.17, 15) is 13.2 Å². The summed E-state index contributed by atoms with van der Waals surface area (Å²) >= 11 is 0. The zero-order valence-corrected chi connectivity index (χ0v) is 14.1. The van der Waals surface area contributed by atoms with Crippen LogP contribution in [-0.2, 0) is 4.43 Å². The Kier molecular flexibility index (Phi) is 6.68. The molecule has 0 heterocycles. The minimum absolute atomic E-state index is 0.443. The van der Waals surface area contributed by atoms with Crippen molar-refractivity contribution in [1.29, 1.82) is 0 Å². The molecule has 0 fully saturated rings. The summed E-state index contributed by atoms with van der Waals surface area (Å²) in [5.41, 5.74) is 1.44. The second-order valence-electron chi connectivity index (χ2n) is 5.26. The zero-order chi connectivity index (χ0) is 16.0. The molecule has 0 aliphatic heterocycles. The molecule has 0 bridgehead atoms. The third-order valence-corrected chi connectivity index (χ3v) is 8.69. The van der Waals surface area contributed by atoms with E-state index in [0.29, 0.717) is 5.56 Å². The molecule has 1 unspecified atom stereocenters. The maximum Gasteiger partial charge on any atom is 0.304 e. The summed E-state index contributed by atoms with van der Waals surface area (Å²) < 4.78 is 45.4. The van der Waals surface area contributed by atoms with Crippen molar-refractivity contribution in [2.75, 3.05) is 0 Å². The number of benzene rings is 1. The molecule has 0 saturated heterocycles. The van der Waals surface area contributed by atoms with Gasteiger partial charge in [-0.25, -0.2) is 4.39 Å². The fourth-order valence-corrected chi connectivity index (χ4v) is 5.10. The largest absolute Gasteiger partial charge is 0.403 e. The van der Waals surface area contributed by atoms with Crippen LogP contribution in [-0.4, -0.2) is 8.32 Å². The lowest BCUT2D eigenvalue weighted by Crippen LogP contribution is -2.37. The number of hydrogen-bond acceptors (Lipinski definition) is 1. The van der Waals surface area contributed by atoms with Crippen LogP contribution in [0, 0.1) is 6.92 Å². The highest BCUT2D eigenvalue weighted by Crippen LogP contribution is 2.36. The Morgan fingerprint density at radius 3 is 1.86 bits per heavy atom. The summed E-state index contributed by atoms with van der Waals surface area (Å²) in [5.74, 6) is -1.47. The van der Waals surface area contributed by atoms with Crippen LogP contribution >= 0.6 is 0 Å². The topological polar surface area (TPSA) is 9.23 Å². The van der Waals surface area contributed by atoms with Gasteiger partial charge < -0.3 is 4.43 Å². The van der Waals surface area contributed by atoms with Crippen LogP contribution in [0.1, 0.15) is 38.0 Å². The Morgan fingerprint density at radius 1 is 1.00 bits per heavy atom. The Hall–Kier alpha value is -1.07. The molecule has 1 aromatic carbocycles. The minimum atomic E-state index is -2.30. The molecule has 1 nitrogen and oxygen atoms in total. The van der Waals surface area contributed by atoms with E-state index in [2.05, 4.69) is 0 Å². The van der Waals surface area contributed by atoms with Gasteiger partial charge >= 0.3 is 6.08 Å². The van der Waals surface area contributed by atoms with Crippen LogP contribution < -0.4 is 0 Å². The van der Waals surface area contributed by atoms with E-state index in [1.807, 2.05) is 27.7 Å². The van der Waals surface area contributed by atoms with Gasteiger partial charge in [0.15, 0.2) is 14.1 Å². The molecule has 0 radical (unpaired) electrons. The van der Waals surface area contributed by atoms with Crippen molar-refractivity contribution in [2.24, 2.45) is 0 Å². The van der Waals surface area contributed by atoms with Gasteiger partial charge in [0, 0.05) is 0 Å². The molecule has 0 spiro atoms. The molecule has 0 saturated carbocycles. The van der Waals surface area contributed by atoms with Gasteiger partial charge in [0.05, 0.1) is 0 Å². The second kappa shape index (κ2) is 7.80. The first-order chi connectivity index (χ1) is 9.89. The van der Waals surface area contributed by atoms with E-state index in [1.54, 1.807) is 24.3 Å². The van der Waals surface area contributed by atoms with E-state index in [4.69, 9.17) is 4.43 Å². The SMILES string of the molecule is CC[Si](CC)(CC)OC(C(F)=C(F)F)c1ccc(C)cc1. The average molecular weight is 316 g/mol. The summed E-state index contributed by atoms with van der Waals surface area (Å²) in [6.07, 6.45) is -3.59. The maximum absolute atomic E-state index is 13.9. The maximum atomic E-state index is 13.9. The molecule has 21 heavy (non-hydrogen) atoms. The zero-order valence-electron chi connectivity index (χ0n) is 13.1. The molecule has 0 aliphatic carbocycles. The fraction of sp³-hybridized carbons (Fsp3) is 0.500. The summed E-state index contributed by atoms with van der Waals surface area (Å²) in [6, 6.07) is 9.21. The molecule has 5 heteroatoms. The summed E-state index contributed by atoms with van der Waals surface area (Å²) in [4.78, 5) is 0. The first-order valence-corrected chi connectivity index (χ1v) is 9.87. The Bertz CT molecular complexity index is 469. The fourth-order valence-electron chi connectivity index (χ4n) is 2.36. The normalized spacial score (nSPS) is 13.1. The van der Waals surface area contributed by atoms with Gasteiger partial charge in [0.2, 0.25) is 0 Å². The van der Waals surface area contributed by atoms with E-state index in [0.717, 1.165) is 23.7 Å². The number of rotatable bonds is 7. The molecule has 0 aromatic heterocycles. The number of halogens is 3. The van der Waals surface area contributed by atoms with Gasteiger partial charge in [-0.1, -0.05) is 50.6 Å². The molecule has 1 aromatic rings. The van der Waals surface area contributed by atoms with Crippen molar-refractivity contribution in [3.63, 3.8) is 0 Å². The molecule has 0 N–H and O–H groups in total. The van der Waals surface area contributed by atoms with Crippen molar-refractivity contribution in [1.82, 2.24) is 0 Å². The van der Waals surface area contributed by atoms with Crippen LogP contribution in [0.25, 0.3) is 0 Å². The van der Waals surface area contributed by atoms with E-state index in [1.165, 1.54) is 0 Å². The van der Waals surface area contributed by atoms with Crippen LogP contribution in [0.4, 0.5) is 13.2 Å². The molecule has 1 atom stereocenters. The highest BCUT2D eigenvalue weighted by Gasteiger charge is 2.35. The molecule has 118 valence electrons. The summed E-state index contributed by atoms with van der Waals surface area (Å²) in [7, 11) is -2.19. The Morgan fingerprint density at radius 2 is 1.48 bits per heavy atom.